The molecule has 26 heavy (non-hydrogen) atoms. The van der Waals surface area contributed by atoms with E-state index in [0.717, 1.165) is 11.1 Å². The zero-order valence-corrected chi connectivity index (χ0v) is 16.0. The third-order valence-electron chi connectivity index (χ3n) is 4.20. The molecule has 0 unspecified atom stereocenters. The van der Waals surface area contributed by atoms with E-state index in [1.54, 1.807) is 25.3 Å². The largest absolute Gasteiger partial charge is 0.495 e. The molecule has 1 aliphatic rings. The first-order valence-electron chi connectivity index (χ1n) is 8.34. The number of hydrogen-bond donors (Lipinski definition) is 1. The molecular formula is C21H21ClN2O2. The van der Waals surface area contributed by atoms with Crippen LogP contribution in [0.25, 0.3) is 6.08 Å². The van der Waals surface area contributed by atoms with Crippen LogP contribution in [0, 0.1) is 0 Å². The van der Waals surface area contributed by atoms with Crippen LogP contribution < -0.4 is 10.1 Å². The number of aliphatic imine (C=N–C) groups is 1. The summed E-state index contributed by atoms with van der Waals surface area (Å²) in [6.45, 7) is 6.49. The lowest BCUT2D eigenvalue weighted by Crippen LogP contribution is -2.24. The summed E-state index contributed by atoms with van der Waals surface area (Å²) < 4.78 is 5.14. The highest BCUT2D eigenvalue weighted by molar-refractivity contribution is 6.32. The zero-order valence-electron chi connectivity index (χ0n) is 15.3. The molecule has 0 fully saturated rings. The lowest BCUT2D eigenvalue weighted by Gasteiger charge is -2.19. The van der Waals surface area contributed by atoms with Gasteiger partial charge in [0, 0.05) is 5.56 Å². The van der Waals surface area contributed by atoms with E-state index >= 15 is 0 Å². The molecule has 1 amide bonds. The Kier molecular flexibility index (Phi) is 4.88. The summed E-state index contributed by atoms with van der Waals surface area (Å²) in [4.78, 5) is 16.7. The SMILES string of the molecule is COc1ccc(/C=C2/N=C(c3ccc(C(C)(C)C)cc3)NC2=O)cc1Cl. The first-order chi connectivity index (χ1) is 12.3. The van der Waals surface area contributed by atoms with Crippen LogP contribution in [0.4, 0.5) is 0 Å². The second-order valence-electron chi connectivity index (χ2n) is 7.17. The number of nitrogens with one attached hydrogen (secondary N) is 1. The van der Waals surface area contributed by atoms with Gasteiger partial charge in [0.2, 0.25) is 0 Å². The van der Waals surface area contributed by atoms with Crippen LogP contribution in [0.3, 0.4) is 0 Å². The highest BCUT2D eigenvalue weighted by Gasteiger charge is 2.22. The molecule has 0 saturated heterocycles. The Balaban J connectivity index is 1.88. The van der Waals surface area contributed by atoms with E-state index in [1.165, 1.54) is 5.56 Å². The van der Waals surface area contributed by atoms with E-state index in [2.05, 4.69) is 43.2 Å². The molecule has 134 valence electrons. The lowest BCUT2D eigenvalue weighted by atomic mass is 9.86. The van der Waals surface area contributed by atoms with Gasteiger partial charge in [-0.05, 0) is 34.8 Å². The summed E-state index contributed by atoms with van der Waals surface area (Å²) in [5.74, 6) is 0.918. The number of benzene rings is 2. The molecule has 0 aromatic heterocycles. The molecule has 3 rings (SSSR count). The molecule has 0 spiro atoms. The van der Waals surface area contributed by atoms with Crippen molar-refractivity contribution in [2.75, 3.05) is 7.11 Å². The fourth-order valence-corrected chi connectivity index (χ4v) is 2.93. The third kappa shape index (κ3) is 3.81. The summed E-state index contributed by atoms with van der Waals surface area (Å²) >= 11 is 6.14. The van der Waals surface area contributed by atoms with Crippen LogP contribution in [0.2, 0.25) is 5.02 Å². The molecule has 0 saturated carbocycles. The normalized spacial score (nSPS) is 15.8. The van der Waals surface area contributed by atoms with Gasteiger partial charge in [-0.2, -0.15) is 0 Å². The van der Waals surface area contributed by atoms with Crippen LogP contribution in [-0.2, 0) is 10.2 Å². The third-order valence-corrected chi connectivity index (χ3v) is 4.50. The summed E-state index contributed by atoms with van der Waals surface area (Å²) in [6, 6.07) is 13.4. The maximum atomic E-state index is 12.2. The molecule has 0 bridgehead atoms. The van der Waals surface area contributed by atoms with Crippen LogP contribution in [0.5, 0.6) is 5.75 Å². The first kappa shape index (κ1) is 18.2. The molecule has 2 aromatic carbocycles. The van der Waals surface area contributed by atoms with E-state index in [4.69, 9.17) is 16.3 Å². The second-order valence-corrected chi connectivity index (χ2v) is 7.57. The number of methoxy groups -OCH3 is 1. The topological polar surface area (TPSA) is 50.7 Å². The molecule has 1 N–H and O–H groups in total. The summed E-state index contributed by atoms with van der Waals surface area (Å²) in [5.41, 5.74) is 3.32. The van der Waals surface area contributed by atoms with Crippen LogP contribution in [0.15, 0.2) is 53.2 Å². The number of nitrogens with zero attached hydrogens (tertiary/aromatic N) is 1. The van der Waals surface area contributed by atoms with E-state index in [0.29, 0.717) is 22.3 Å². The van der Waals surface area contributed by atoms with Gasteiger partial charge in [0.25, 0.3) is 5.91 Å². The maximum absolute atomic E-state index is 12.2. The highest BCUT2D eigenvalue weighted by Crippen LogP contribution is 2.27. The van der Waals surface area contributed by atoms with Crippen molar-refractivity contribution in [3.8, 4) is 5.75 Å². The Hall–Kier alpha value is -2.59. The number of amides is 1. The van der Waals surface area contributed by atoms with Gasteiger partial charge in [-0.25, -0.2) is 4.99 Å². The highest BCUT2D eigenvalue weighted by atomic mass is 35.5. The molecule has 0 radical (unpaired) electrons. The summed E-state index contributed by atoms with van der Waals surface area (Å²) in [5, 5.41) is 3.31. The molecule has 5 heteroatoms. The zero-order chi connectivity index (χ0) is 18.9. The Bertz CT molecular complexity index is 907. The standard InChI is InChI=1S/C21H21ClN2O2/c1-21(2,3)15-8-6-14(7-9-15)19-23-17(20(25)24-19)12-13-5-10-18(26-4)16(22)11-13/h5-12H,1-4H3,(H,23,24,25)/b17-12+. The molecule has 4 nitrogen and oxygen atoms in total. The second kappa shape index (κ2) is 6.96. The molecule has 1 aliphatic heterocycles. The number of carbonyl (C=O) groups excluding carboxylic acids is 1. The molecule has 0 atom stereocenters. The van der Waals surface area contributed by atoms with Crippen molar-refractivity contribution in [3.63, 3.8) is 0 Å². The van der Waals surface area contributed by atoms with Crippen molar-refractivity contribution < 1.29 is 9.53 Å². The van der Waals surface area contributed by atoms with Gasteiger partial charge in [0.15, 0.2) is 0 Å². The van der Waals surface area contributed by atoms with E-state index in [1.807, 2.05) is 18.2 Å². The van der Waals surface area contributed by atoms with Crippen LogP contribution in [0.1, 0.15) is 37.5 Å². The van der Waals surface area contributed by atoms with Crippen molar-refractivity contribution >= 4 is 29.4 Å². The van der Waals surface area contributed by atoms with Gasteiger partial charge in [0.1, 0.15) is 17.3 Å². The van der Waals surface area contributed by atoms with E-state index < -0.39 is 0 Å². The van der Waals surface area contributed by atoms with E-state index in [-0.39, 0.29) is 11.3 Å². The quantitative estimate of drug-likeness (QED) is 0.807. The fourth-order valence-electron chi connectivity index (χ4n) is 2.66. The smallest absolute Gasteiger partial charge is 0.275 e. The van der Waals surface area contributed by atoms with Crippen LogP contribution >= 0.6 is 11.6 Å². The first-order valence-corrected chi connectivity index (χ1v) is 8.72. The van der Waals surface area contributed by atoms with Crippen molar-refractivity contribution in [3.05, 3.63) is 69.9 Å². The van der Waals surface area contributed by atoms with Gasteiger partial charge in [0.05, 0.1) is 12.1 Å². The molecule has 0 aliphatic carbocycles. The molecule has 2 aromatic rings. The van der Waals surface area contributed by atoms with Crippen molar-refractivity contribution in [1.82, 2.24) is 5.32 Å². The predicted octanol–water partition coefficient (Wildman–Crippen LogP) is 4.56. The monoisotopic (exact) mass is 368 g/mol. The average Bonchev–Trinajstić information content (AvgIpc) is 2.95. The maximum Gasteiger partial charge on any atom is 0.275 e. The van der Waals surface area contributed by atoms with E-state index in [9.17, 15) is 4.79 Å². The number of hydrogen-bond acceptors (Lipinski definition) is 3. The number of halogens is 1. The van der Waals surface area contributed by atoms with Crippen molar-refractivity contribution in [1.29, 1.82) is 0 Å². The Morgan fingerprint density at radius 3 is 2.38 bits per heavy atom. The van der Waals surface area contributed by atoms with Gasteiger partial charge < -0.3 is 10.1 Å². The Morgan fingerprint density at radius 1 is 1.12 bits per heavy atom. The minimum Gasteiger partial charge on any atom is -0.495 e. The molecule has 1 heterocycles. The Labute approximate surface area is 158 Å². The summed E-state index contributed by atoms with van der Waals surface area (Å²) in [6.07, 6.45) is 1.71. The number of ether oxygens (including phenoxy) is 1. The van der Waals surface area contributed by atoms with Gasteiger partial charge in [-0.1, -0.05) is 62.7 Å². The number of carbonyl (C=O) groups is 1. The number of rotatable bonds is 3. The lowest BCUT2D eigenvalue weighted by molar-refractivity contribution is -0.115. The fraction of sp³-hybridized carbons (Fsp3) is 0.238. The predicted molar refractivity (Wildman–Crippen MR) is 106 cm³/mol. The number of amidine groups is 1. The van der Waals surface area contributed by atoms with Crippen molar-refractivity contribution in [2.45, 2.75) is 26.2 Å². The summed E-state index contributed by atoms with van der Waals surface area (Å²) in [7, 11) is 1.56. The Morgan fingerprint density at radius 2 is 1.81 bits per heavy atom. The minimum absolute atomic E-state index is 0.0813. The average molecular weight is 369 g/mol. The van der Waals surface area contributed by atoms with Crippen molar-refractivity contribution in [2.24, 2.45) is 4.99 Å². The van der Waals surface area contributed by atoms with Crippen LogP contribution in [-0.4, -0.2) is 18.9 Å². The van der Waals surface area contributed by atoms with Gasteiger partial charge >= 0.3 is 0 Å². The van der Waals surface area contributed by atoms with Gasteiger partial charge in [-0.3, -0.25) is 4.79 Å². The van der Waals surface area contributed by atoms with Gasteiger partial charge in [-0.15, -0.1) is 0 Å². The minimum atomic E-state index is -0.230. The molecular weight excluding hydrogens is 348 g/mol.